The van der Waals surface area contributed by atoms with Gasteiger partial charge in [0.05, 0.1) is 0 Å². The third-order valence-electron chi connectivity index (χ3n) is 3.87. The van der Waals surface area contributed by atoms with Gasteiger partial charge in [0, 0.05) is 0 Å². The van der Waals surface area contributed by atoms with E-state index < -0.39 is 0 Å². The molecule has 0 amide bonds. The molecule has 96 valence electrons. The van der Waals surface area contributed by atoms with Crippen molar-refractivity contribution in [3.05, 3.63) is 58.7 Å². The second-order valence-corrected chi connectivity index (χ2v) is 5.33. The molecule has 0 aromatic rings. The van der Waals surface area contributed by atoms with E-state index in [1.807, 2.05) is 0 Å². The van der Waals surface area contributed by atoms with Gasteiger partial charge in [-0.1, -0.05) is 47.6 Å². The molecule has 0 saturated heterocycles. The molecule has 0 nitrogen and oxygen atoms in total. The summed E-state index contributed by atoms with van der Waals surface area (Å²) in [5.74, 6) is 0. The lowest BCUT2D eigenvalue weighted by molar-refractivity contribution is 0.809. The number of hydrogen-bond acceptors (Lipinski definition) is 0. The summed E-state index contributed by atoms with van der Waals surface area (Å²) in [5.41, 5.74) is 6.25. The van der Waals surface area contributed by atoms with E-state index in [-0.39, 0.29) is 0 Å². The Balaban J connectivity index is 1.97. The molecule has 0 saturated carbocycles. The van der Waals surface area contributed by atoms with Crippen molar-refractivity contribution in [3.8, 4) is 0 Å². The van der Waals surface area contributed by atoms with Crippen LogP contribution in [0.25, 0.3) is 0 Å². The first-order valence-electron chi connectivity index (χ1n) is 7.16. The van der Waals surface area contributed by atoms with Crippen LogP contribution in [0.3, 0.4) is 0 Å². The van der Waals surface area contributed by atoms with E-state index in [1.165, 1.54) is 44.1 Å². The summed E-state index contributed by atoms with van der Waals surface area (Å²) < 4.78 is 0. The Morgan fingerprint density at radius 1 is 0.944 bits per heavy atom. The molecule has 2 aliphatic carbocycles. The van der Waals surface area contributed by atoms with Crippen molar-refractivity contribution < 1.29 is 0 Å². The van der Waals surface area contributed by atoms with E-state index in [0.717, 1.165) is 0 Å². The smallest absolute Gasteiger partial charge is 0.0239 e. The van der Waals surface area contributed by atoms with Crippen molar-refractivity contribution in [2.24, 2.45) is 0 Å². The lowest BCUT2D eigenvalue weighted by Crippen LogP contribution is -1.99. The molecule has 0 heteroatoms. The summed E-state index contributed by atoms with van der Waals surface area (Å²) in [6, 6.07) is 0. The number of allylic oxidation sites excluding steroid dienone is 10. The first-order valence-corrected chi connectivity index (χ1v) is 7.16. The van der Waals surface area contributed by atoms with Crippen molar-refractivity contribution in [1.29, 1.82) is 0 Å². The number of rotatable bonds is 4. The van der Waals surface area contributed by atoms with Crippen molar-refractivity contribution in [2.45, 2.75) is 52.4 Å². The lowest BCUT2D eigenvalue weighted by Gasteiger charge is -2.19. The van der Waals surface area contributed by atoms with Gasteiger partial charge < -0.3 is 0 Å². The molecule has 18 heavy (non-hydrogen) atoms. The fraction of sp³-hybridized carbons (Fsp3) is 0.444. The van der Waals surface area contributed by atoms with Crippen LogP contribution in [0.15, 0.2) is 58.7 Å². The zero-order valence-corrected chi connectivity index (χ0v) is 11.7. The van der Waals surface area contributed by atoms with Crippen LogP contribution in [0.4, 0.5) is 0 Å². The Labute approximate surface area is 111 Å². The second-order valence-electron chi connectivity index (χ2n) is 5.33. The summed E-state index contributed by atoms with van der Waals surface area (Å²) in [5, 5.41) is 0. The van der Waals surface area contributed by atoms with Gasteiger partial charge in [-0.15, -0.1) is 0 Å². The normalized spacial score (nSPS) is 20.3. The standard InChI is InChI=1S/C18H24/c1-3-4-5-6-16-9-13-18(14-10-16)17-11-7-15(2)8-12-17/h3-4,7,9,11,13H,5-6,8,10,12,14H2,1-2H3. The molecule has 2 aliphatic rings. The maximum Gasteiger partial charge on any atom is -0.0239 e. The zero-order chi connectivity index (χ0) is 12.8. The highest BCUT2D eigenvalue weighted by molar-refractivity contribution is 5.42. The Kier molecular flexibility index (Phi) is 4.81. The summed E-state index contributed by atoms with van der Waals surface area (Å²) in [6.07, 6.45) is 21.1. The minimum atomic E-state index is 1.19. The average molecular weight is 240 g/mol. The lowest BCUT2D eigenvalue weighted by atomic mass is 9.87. The minimum Gasteiger partial charge on any atom is -0.0917 e. The first-order chi connectivity index (χ1) is 8.79. The zero-order valence-electron chi connectivity index (χ0n) is 11.7. The molecule has 0 aromatic heterocycles. The summed E-state index contributed by atoms with van der Waals surface area (Å²) in [4.78, 5) is 0. The molecule has 0 atom stereocenters. The molecular formula is C18H24. The van der Waals surface area contributed by atoms with E-state index in [2.05, 4.69) is 50.3 Å². The summed E-state index contributed by atoms with van der Waals surface area (Å²) in [6.45, 7) is 4.32. The molecule has 0 aliphatic heterocycles. The molecule has 0 unspecified atom stereocenters. The van der Waals surface area contributed by atoms with Crippen LogP contribution >= 0.6 is 0 Å². The van der Waals surface area contributed by atoms with Gasteiger partial charge in [0.15, 0.2) is 0 Å². The van der Waals surface area contributed by atoms with Gasteiger partial charge in [-0.25, -0.2) is 0 Å². The van der Waals surface area contributed by atoms with Crippen molar-refractivity contribution in [1.82, 2.24) is 0 Å². The molecule has 0 radical (unpaired) electrons. The van der Waals surface area contributed by atoms with Crippen molar-refractivity contribution in [2.75, 3.05) is 0 Å². The fourth-order valence-electron chi connectivity index (χ4n) is 2.60. The molecule has 0 N–H and O–H groups in total. The largest absolute Gasteiger partial charge is 0.0917 e. The van der Waals surface area contributed by atoms with Crippen LogP contribution < -0.4 is 0 Å². The van der Waals surface area contributed by atoms with Crippen LogP contribution in [0.1, 0.15) is 52.4 Å². The maximum absolute atomic E-state index is 2.36. The van der Waals surface area contributed by atoms with Crippen LogP contribution in [0.5, 0.6) is 0 Å². The minimum absolute atomic E-state index is 1.19. The first kappa shape index (κ1) is 13.1. The quantitative estimate of drug-likeness (QED) is 0.556. The average Bonchev–Trinajstić information content (AvgIpc) is 2.41. The Hall–Kier alpha value is -1.30. The number of hydrogen-bond donors (Lipinski definition) is 0. The van der Waals surface area contributed by atoms with Crippen molar-refractivity contribution >= 4 is 0 Å². The third kappa shape index (κ3) is 3.60. The van der Waals surface area contributed by atoms with Gasteiger partial charge in [0.25, 0.3) is 0 Å². The van der Waals surface area contributed by atoms with Gasteiger partial charge in [-0.05, 0) is 63.5 Å². The topological polar surface area (TPSA) is 0 Å². The van der Waals surface area contributed by atoms with Crippen LogP contribution in [-0.2, 0) is 0 Å². The molecular weight excluding hydrogens is 216 g/mol. The van der Waals surface area contributed by atoms with Gasteiger partial charge in [0.2, 0.25) is 0 Å². The summed E-state index contributed by atoms with van der Waals surface area (Å²) >= 11 is 0. The highest BCUT2D eigenvalue weighted by Gasteiger charge is 2.11. The Morgan fingerprint density at radius 2 is 1.67 bits per heavy atom. The molecule has 0 heterocycles. The molecule has 2 rings (SSSR count). The van der Waals surface area contributed by atoms with Gasteiger partial charge >= 0.3 is 0 Å². The highest BCUT2D eigenvalue weighted by Crippen LogP contribution is 2.31. The van der Waals surface area contributed by atoms with Crippen LogP contribution in [-0.4, -0.2) is 0 Å². The van der Waals surface area contributed by atoms with E-state index >= 15 is 0 Å². The van der Waals surface area contributed by atoms with Crippen LogP contribution in [0.2, 0.25) is 0 Å². The van der Waals surface area contributed by atoms with E-state index in [0.29, 0.717) is 0 Å². The summed E-state index contributed by atoms with van der Waals surface area (Å²) in [7, 11) is 0. The molecule has 0 aromatic carbocycles. The second kappa shape index (κ2) is 6.58. The molecule has 0 bridgehead atoms. The monoisotopic (exact) mass is 240 g/mol. The van der Waals surface area contributed by atoms with Crippen LogP contribution in [0, 0.1) is 0 Å². The van der Waals surface area contributed by atoms with Crippen molar-refractivity contribution in [3.63, 3.8) is 0 Å². The van der Waals surface area contributed by atoms with Gasteiger partial charge in [-0.2, -0.15) is 0 Å². The molecule has 0 fully saturated rings. The van der Waals surface area contributed by atoms with E-state index in [1.54, 1.807) is 16.7 Å². The predicted octanol–water partition coefficient (Wildman–Crippen LogP) is 5.66. The Morgan fingerprint density at radius 3 is 2.22 bits per heavy atom. The fourth-order valence-corrected chi connectivity index (χ4v) is 2.60. The third-order valence-corrected chi connectivity index (χ3v) is 3.87. The van der Waals surface area contributed by atoms with E-state index in [4.69, 9.17) is 0 Å². The maximum atomic E-state index is 2.36. The SMILES string of the molecule is CC=CCCC1=CC=C(C2=CC=C(C)CC2)CC1. The predicted molar refractivity (Wildman–Crippen MR) is 80.5 cm³/mol. The highest BCUT2D eigenvalue weighted by atomic mass is 14.2. The Bertz CT molecular complexity index is 439. The van der Waals surface area contributed by atoms with E-state index in [9.17, 15) is 0 Å². The van der Waals surface area contributed by atoms with Gasteiger partial charge in [0.1, 0.15) is 0 Å². The van der Waals surface area contributed by atoms with Gasteiger partial charge in [-0.3, -0.25) is 0 Å². The molecule has 0 spiro atoms.